The molecular formula is C12H20BrN3. The minimum Gasteiger partial charge on any atom is -0.330 e. The van der Waals surface area contributed by atoms with Gasteiger partial charge in [0.15, 0.2) is 0 Å². The van der Waals surface area contributed by atoms with Crippen LogP contribution in [-0.2, 0) is 19.4 Å². The lowest BCUT2D eigenvalue weighted by atomic mass is 10.0. The van der Waals surface area contributed by atoms with Gasteiger partial charge in [-0.1, -0.05) is 6.92 Å². The fourth-order valence-electron chi connectivity index (χ4n) is 2.17. The molecule has 0 saturated heterocycles. The third-order valence-corrected chi connectivity index (χ3v) is 4.54. The molecule has 0 spiro atoms. The molecule has 1 aliphatic carbocycles. The normalized spacial score (nSPS) is 17.8. The highest BCUT2D eigenvalue weighted by Gasteiger charge is 2.42. The molecule has 90 valence electrons. The van der Waals surface area contributed by atoms with Gasteiger partial charge in [-0.3, -0.25) is 4.68 Å². The molecule has 1 fully saturated rings. The Balaban J connectivity index is 2.28. The van der Waals surface area contributed by atoms with Crippen LogP contribution in [0.2, 0.25) is 0 Å². The summed E-state index contributed by atoms with van der Waals surface area (Å²) in [6, 6.07) is 0. The molecule has 1 aliphatic rings. The summed E-state index contributed by atoms with van der Waals surface area (Å²) in [5.74, 6) is 0. The quantitative estimate of drug-likeness (QED) is 0.904. The Morgan fingerprint density at radius 2 is 2.12 bits per heavy atom. The van der Waals surface area contributed by atoms with E-state index in [-0.39, 0.29) is 0 Å². The van der Waals surface area contributed by atoms with E-state index >= 15 is 0 Å². The molecule has 0 amide bonds. The number of nitrogens with two attached hydrogens (primary N) is 1. The molecule has 1 aromatic rings. The Hall–Kier alpha value is -0.350. The minimum absolute atomic E-state index is 0.375. The second kappa shape index (κ2) is 4.49. The van der Waals surface area contributed by atoms with Crippen LogP contribution in [-0.4, -0.2) is 16.3 Å². The van der Waals surface area contributed by atoms with Crippen molar-refractivity contribution in [3.8, 4) is 0 Å². The van der Waals surface area contributed by atoms with Crippen molar-refractivity contribution in [3.05, 3.63) is 15.9 Å². The Morgan fingerprint density at radius 3 is 2.56 bits per heavy atom. The monoisotopic (exact) mass is 285 g/mol. The fraction of sp³-hybridized carbons (Fsp3) is 0.750. The smallest absolute Gasteiger partial charge is 0.0766 e. The molecule has 3 nitrogen and oxygen atoms in total. The zero-order valence-corrected chi connectivity index (χ0v) is 11.7. The lowest BCUT2D eigenvalue weighted by Gasteiger charge is -2.13. The molecule has 4 heteroatoms. The van der Waals surface area contributed by atoms with E-state index in [1.807, 2.05) is 0 Å². The standard InChI is InChI=1S/C12H20BrN3/c1-3-9-11(13)10(16(4-2)15-9)7-12(8-14)5-6-12/h3-8,14H2,1-2H3. The van der Waals surface area contributed by atoms with E-state index < -0.39 is 0 Å². The summed E-state index contributed by atoms with van der Waals surface area (Å²) in [5.41, 5.74) is 8.73. The Labute approximate surface area is 106 Å². The topological polar surface area (TPSA) is 43.8 Å². The van der Waals surface area contributed by atoms with Crippen molar-refractivity contribution in [2.24, 2.45) is 11.1 Å². The van der Waals surface area contributed by atoms with Gasteiger partial charge in [-0.05, 0) is 60.5 Å². The first-order valence-electron chi connectivity index (χ1n) is 6.10. The summed E-state index contributed by atoms with van der Waals surface area (Å²) >= 11 is 3.69. The summed E-state index contributed by atoms with van der Waals surface area (Å²) in [5, 5.41) is 4.62. The van der Waals surface area contributed by atoms with Crippen LogP contribution in [0.25, 0.3) is 0 Å². The fourth-order valence-corrected chi connectivity index (χ4v) is 2.88. The third-order valence-electron chi connectivity index (χ3n) is 3.63. The highest BCUT2D eigenvalue weighted by molar-refractivity contribution is 9.10. The van der Waals surface area contributed by atoms with Crippen molar-refractivity contribution in [1.82, 2.24) is 9.78 Å². The maximum absolute atomic E-state index is 5.85. The first-order chi connectivity index (χ1) is 7.65. The van der Waals surface area contributed by atoms with Crippen LogP contribution in [0.5, 0.6) is 0 Å². The summed E-state index contributed by atoms with van der Waals surface area (Å²) in [4.78, 5) is 0. The van der Waals surface area contributed by atoms with Crippen molar-refractivity contribution in [2.45, 2.75) is 46.1 Å². The summed E-state index contributed by atoms with van der Waals surface area (Å²) in [7, 11) is 0. The van der Waals surface area contributed by atoms with E-state index in [0.717, 1.165) is 25.9 Å². The molecule has 16 heavy (non-hydrogen) atoms. The van der Waals surface area contributed by atoms with Gasteiger partial charge in [0, 0.05) is 6.54 Å². The van der Waals surface area contributed by atoms with Gasteiger partial charge >= 0.3 is 0 Å². The molecule has 0 radical (unpaired) electrons. The maximum atomic E-state index is 5.85. The van der Waals surface area contributed by atoms with E-state index in [1.165, 1.54) is 28.7 Å². The van der Waals surface area contributed by atoms with Crippen LogP contribution >= 0.6 is 15.9 Å². The first kappa shape index (κ1) is 12.1. The average molecular weight is 286 g/mol. The zero-order valence-electron chi connectivity index (χ0n) is 10.1. The van der Waals surface area contributed by atoms with E-state index in [9.17, 15) is 0 Å². The van der Waals surface area contributed by atoms with E-state index in [2.05, 4.69) is 39.6 Å². The summed E-state index contributed by atoms with van der Waals surface area (Å²) in [6.45, 7) is 6.03. The Bertz CT molecular complexity index is 380. The maximum Gasteiger partial charge on any atom is 0.0766 e. The van der Waals surface area contributed by atoms with Crippen LogP contribution in [0.3, 0.4) is 0 Å². The van der Waals surface area contributed by atoms with Crippen LogP contribution < -0.4 is 5.73 Å². The number of aromatic nitrogens is 2. The van der Waals surface area contributed by atoms with Gasteiger partial charge in [-0.15, -0.1) is 0 Å². The number of hydrogen-bond acceptors (Lipinski definition) is 2. The molecule has 0 unspecified atom stereocenters. The van der Waals surface area contributed by atoms with Crippen LogP contribution in [0.4, 0.5) is 0 Å². The van der Waals surface area contributed by atoms with Crippen molar-refractivity contribution in [3.63, 3.8) is 0 Å². The Morgan fingerprint density at radius 1 is 1.44 bits per heavy atom. The van der Waals surface area contributed by atoms with Gasteiger partial charge in [0.1, 0.15) is 0 Å². The van der Waals surface area contributed by atoms with E-state index in [4.69, 9.17) is 5.73 Å². The van der Waals surface area contributed by atoms with Gasteiger partial charge in [0.05, 0.1) is 15.9 Å². The van der Waals surface area contributed by atoms with Crippen LogP contribution in [0, 0.1) is 5.41 Å². The van der Waals surface area contributed by atoms with Gasteiger partial charge < -0.3 is 5.73 Å². The number of aryl methyl sites for hydroxylation is 2. The van der Waals surface area contributed by atoms with Gasteiger partial charge in [-0.2, -0.15) is 5.10 Å². The van der Waals surface area contributed by atoms with Crippen molar-refractivity contribution in [2.75, 3.05) is 6.54 Å². The van der Waals surface area contributed by atoms with Crippen molar-refractivity contribution >= 4 is 15.9 Å². The number of hydrogen-bond donors (Lipinski definition) is 1. The molecule has 2 N–H and O–H groups in total. The molecule has 0 bridgehead atoms. The second-order valence-corrected chi connectivity index (χ2v) is 5.55. The predicted molar refractivity (Wildman–Crippen MR) is 69.4 cm³/mol. The highest BCUT2D eigenvalue weighted by Crippen LogP contribution is 2.48. The number of rotatable bonds is 5. The van der Waals surface area contributed by atoms with Gasteiger partial charge in [0.25, 0.3) is 0 Å². The zero-order chi connectivity index (χ0) is 11.8. The molecule has 0 atom stereocenters. The van der Waals surface area contributed by atoms with E-state index in [1.54, 1.807) is 0 Å². The third kappa shape index (κ3) is 2.05. The lowest BCUT2D eigenvalue weighted by Crippen LogP contribution is -2.20. The number of nitrogens with zero attached hydrogens (tertiary/aromatic N) is 2. The lowest BCUT2D eigenvalue weighted by molar-refractivity contribution is 0.485. The van der Waals surface area contributed by atoms with E-state index in [0.29, 0.717) is 5.41 Å². The molecule has 1 saturated carbocycles. The summed E-state index contributed by atoms with van der Waals surface area (Å²) < 4.78 is 3.33. The molecular weight excluding hydrogens is 266 g/mol. The average Bonchev–Trinajstić information content (AvgIpc) is 3.02. The largest absolute Gasteiger partial charge is 0.330 e. The second-order valence-electron chi connectivity index (χ2n) is 4.76. The summed E-state index contributed by atoms with van der Waals surface area (Å²) in [6.07, 6.45) is 4.60. The SMILES string of the molecule is CCc1nn(CC)c(CC2(CN)CC2)c1Br. The highest BCUT2D eigenvalue weighted by atomic mass is 79.9. The first-order valence-corrected chi connectivity index (χ1v) is 6.89. The van der Waals surface area contributed by atoms with Gasteiger partial charge in [-0.25, -0.2) is 0 Å². The van der Waals surface area contributed by atoms with Gasteiger partial charge in [0.2, 0.25) is 0 Å². The predicted octanol–water partition coefficient (Wildman–Crippen LogP) is 2.51. The van der Waals surface area contributed by atoms with Crippen LogP contribution in [0.15, 0.2) is 4.47 Å². The molecule has 1 heterocycles. The van der Waals surface area contributed by atoms with Crippen LogP contribution in [0.1, 0.15) is 38.1 Å². The minimum atomic E-state index is 0.375. The van der Waals surface area contributed by atoms with Crippen molar-refractivity contribution in [1.29, 1.82) is 0 Å². The molecule has 0 aromatic carbocycles. The molecule has 1 aromatic heterocycles. The molecule has 0 aliphatic heterocycles. The van der Waals surface area contributed by atoms with Crippen molar-refractivity contribution < 1.29 is 0 Å². The Kier molecular flexibility index (Phi) is 3.40. The number of halogens is 1. The molecule has 2 rings (SSSR count).